The normalized spacial score (nSPS) is 11.1. The lowest BCUT2D eigenvalue weighted by Crippen LogP contribution is -1.93. The molecule has 0 amide bonds. The lowest BCUT2D eigenvalue weighted by atomic mass is 10.1. The minimum atomic E-state index is 0.258. The van der Waals surface area contributed by atoms with E-state index < -0.39 is 0 Å². The highest BCUT2D eigenvalue weighted by Crippen LogP contribution is 2.35. The molecule has 2 aromatic carbocycles. The Bertz CT molecular complexity index is 1060. The molecule has 0 radical (unpaired) electrons. The first-order valence-electron chi connectivity index (χ1n) is 7.65. The van der Waals surface area contributed by atoms with Gasteiger partial charge in [0.25, 0.3) is 0 Å². The summed E-state index contributed by atoms with van der Waals surface area (Å²) >= 11 is 5.12. The Hall–Kier alpha value is -2.31. The van der Waals surface area contributed by atoms with Gasteiger partial charge in [0.2, 0.25) is 0 Å². The van der Waals surface area contributed by atoms with Crippen LogP contribution < -0.4 is 0 Å². The number of phenolic OH excluding ortho intramolecular Hbond substituents is 1. The van der Waals surface area contributed by atoms with Gasteiger partial charge in [-0.25, -0.2) is 9.97 Å². The van der Waals surface area contributed by atoms with Crippen LogP contribution in [0.1, 0.15) is 0 Å². The fourth-order valence-corrected chi connectivity index (χ4v) is 4.21. The van der Waals surface area contributed by atoms with Gasteiger partial charge in [-0.05, 0) is 54.1 Å². The van der Waals surface area contributed by atoms with Crippen molar-refractivity contribution in [2.75, 3.05) is 0 Å². The minimum absolute atomic E-state index is 0.258. The first-order chi connectivity index (χ1) is 12.1. The summed E-state index contributed by atoms with van der Waals surface area (Å²) in [5.41, 5.74) is 2.94. The molecule has 124 valence electrons. The highest BCUT2D eigenvalue weighted by Gasteiger charge is 2.14. The van der Waals surface area contributed by atoms with E-state index in [2.05, 4.69) is 44.1 Å². The van der Waals surface area contributed by atoms with E-state index in [9.17, 15) is 5.11 Å². The SMILES string of the molecule is Cn1c(-c2ccc(O)cc2)cc2c(Sc3cccc(Br)c3)ncnc21. The van der Waals surface area contributed by atoms with Crippen LogP contribution >= 0.6 is 27.7 Å². The molecular formula is C19H14BrN3OS. The molecule has 6 heteroatoms. The molecule has 0 spiro atoms. The molecule has 0 fully saturated rings. The molecule has 0 saturated carbocycles. The second kappa shape index (κ2) is 6.54. The predicted molar refractivity (Wildman–Crippen MR) is 104 cm³/mol. The first-order valence-corrected chi connectivity index (χ1v) is 9.26. The molecule has 0 aliphatic rings. The van der Waals surface area contributed by atoms with Crippen LogP contribution in [-0.4, -0.2) is 19.6 Å². The Labute approximate surface area is 157 Å². The fourth-order valence-electron chi connectivity index (χ4n) is 2.74. The Morgan fingerprint density at radius 3 is 2.60 bits per heavy atom. The van der Waals surface area contributed by atoms with Gasteiger partial charge in [0.05, 0.1) is 11.1 Å². The molecular weight excluding hydrogens is 398 g/mol. The number of hydrogen-bond acceptors (Lipinski definition) is 4. The number of benzene rings is 2. The Morgan fingerprint density at radius 1 is 1.04 bits per heavy atom. The van der Waals surface area contributed by atoms with E-state index in [1.165, 1.54) is 0 Å². The molecule has 0 atom stereocenters. The Balaban J connectivity index is 1.82. The second-order valence-corrected chi connectivity index (χ2v) is 7.59. The van der Waals surface area contributed by atoms with Crippen molar-refractivity contribution in [3.05, 3.63) is 65.4 Å². The predicted octanol–water partition coefficient (Wildman–Crippen LogP) is 5.25. The van der Waals surface area contributed by atoms with Crippen LogP contribution in [0.3, 0.4) is 0 Å². The van der Waals surface area contributed by atoms with Crippen LogP contribution in [0.15, 0.2) is 75.3 Å². The van der Waals surface area contributed by atoms with Gasteiger partial charge in [-0.2, -0.15) is 0 Å². The van der Waals surface area contributed by atoms with Crippen molar-refractivity contribution in [1.29, 1.82) is 0 Å². The number of rotatable bonds is 3. The lowest BCUT2D eigenvalue weighted by molar-refractivity contribution is 0.475. The zero-order chi connectivity index (χ0) is 17.4. The number of halogens is 1. The first kappa shape index (κ1) is 16.2. The summed E-state index contributed by atoms with van der Waals surface area (Å²) in [6.07, 6.45) is 1.60. The number of phenols is 1. The van der Waals surface area contributed by atoms with Gasteiger partial charge in [-0.15, -0.1) is 0 Å². The van der Waals surface area contributed by atoms with Crippen molar-refractivity contribution in [2.45, 2.75) is 9.92 Å². The molecule has 4 rings (SSSR count). The van der Waals surface area contributed by atoms with E-state index in [0.29, 0.717) is 0 Å². The summed E-state index contributed by atoms with van der Waals surface area (Å²) < 4.78 is 3.09. The average Bonchev–Trinajstić information content (AvgIpc) is 2.94. The number of hydrogen-bond donors (Lipinski definition) is 1. The number of nitrogens with zero attached hydrogens (tertiary/aromatic N) is 3. The summed E-state index contributed by atoms with van der Waals surface area (Å²) in [5.74, 6) is 0.258. The summed E-state index contributed by atoms with van der Waals surface area (Å²) in [7, 11) is 1.99. The van der Waals surface area contributed by atoms with Crippen LogP contribution in [0.2, 0.25) is 0 Å². The summed E-state index contributed by atoms with van der Waals surface area (Å²) in [6.45, 7) is 0. The van der Waals surface area contributed by atoms with Crippen molar-refractivity contribution < 1.29 is 5.11 Å². The van der Waals surface area contributed by atoms with Crippen LogP contribution in [0, 0.1) is 0 Å². The maximum atomic E-state index is 9.51. The zero-order valence-corrected chi connectivity index (χ0v) is 15.8. The molecule has 0 aliphatic heterocycles. The van der Waals surface area contributed by atoms with E-state index in [1.807, 2.05) is 35.9 Å². The Morgan fingerprint density at radius 2 is 1.84 bits per heavy atom. The number of aryl methyl sites for hydroxylation is 1. The molecule has 0 aliphatic carbocycles. The highest BCUT2D eigenvalue weighted by atomic mass is 79.9. The average molecular weight is 412 g/mol. The van der Waals surface area contributed by atoms with Crippen LogP contribution in [0.4, 0.5) is 0 Å². The minimum Gasteiger partial charge on any atom is -0.508 e. The van der Waals surface area contributed by atoms with E-state index in [4.69, 9.17) is 0 Å². The van der Waals surface area contributed by atoms with E-state index in [0.717, 1.165) is 36.7 Å². The van der Waals surface area contributed by atoms with Gasteiger partial charge in [0.1, 0.15) is 22.7 Å². The van der Waals surface area contributed by atoms with E-state index in [1.54, 1.807) is 30.2 Å². The standard InChI is InChI=1S/C19H14BrN3OS/c1-23-17(12-5-7-14(24)8-6-12)10-16-18(23)21-11-22-19(16)25-15-4-2-3-13(20)9-15/h2-11,24H,1H3. The second-order valence-electron chi connectivity index (χ2n) is 5.61. The van der Waals surface area contributed by atoms with Crippen molar-refractivity contribution in [1.82, 2.24) is 14.5 Å². The summed E-state index contributed by atoms with van der Waals surface area (Å²) in [5, 5.41) is 11.4. The molecule has 0 saturated heterocycles. The third kappa shape index (κ3) is 3.15. The smallest absolute Gasteiger partial charge is 0.144 e. The third-order valence-electron chi connectivity index (χ3n) is 3.96. The van der Waals surface area contributed by atoms with Gasteiger partial charge >= 0.3 is 0 Å². The summed E-state index contributed by atoms with van der Waals surface area (Å²) in [6, 6.07) is 17.4. The molecule has 0 bridgehead atoms. The molecule has 4 aromatic rings. The van der Waals surface area contributed by atoms with Crippen molar-refractivity contribution in [2.24, 2.45) is 7.05 Å². The van der Waals surface area contributed by atoms with Gasteiger partial charge in [-0.1, -0.05) is 33.8 Å². The fraction of sp³-hybridized carbons (Fsp3) is 0.0526. The topological polar surface area (TPSA) is 50.9 Å². The van der Waals surface area contributed by atoms with Crippen molar-refractivity contribution in [3.8, 4) is 17.0 Å². The molecule has 2 heterocycles. The van der Waals surface area contributed by atoms with Gasteiger partial charge in [-0.3, -0.25) is 0 Å². The Kier molecular flexibility index (Phi) is 4.23. The molecule has 0 unspecified atom stereocenters. The van der Waals surface area contributed by atoms with Crippen LogP contribution in [0.25, 0.3) is 22.3 Å². The maximum absolute atomic E-state index is 9.51. The maximum Gasteiger partial charge on any atom is 0.144 e. The van der Waals surface area contributed by atoms with Gasteiger partial charge in [0.15, 0.2) is 0 Å². The highest BCUT2D eigenvalue weighted by molar-refractivity contribution is 9.10. The van der Waals surface area contributed by atoms with Gasteiger partial charge in [0, 0.05) is 16.4 Å². The van der Waals surface area contributed by atoms with Crippen molar-refractivity contribution in [3.63, 3.8) is 0 Å². The van der Waals surface area contributed by atoms with Crippen LogP contribution in [-0.2, 0) is 7.05 Å². The number of fused-ring (bicyclic) bond motifs is 1. The van der Waals surface area contributed by atoms with E-state index in [-0.39, 0.29) is 5.75 Å². The summed E-state index contributed by atoms with van der Waals surface area (Å²) in [4.78, 5) is 10.0. The molecule has 1 N–H and O–H groups in total. The monoisotopic (exact) mass is 411 g/mol. The molecule has 4 nitrogen and oxygen atoms in total. The number of aromatic nitrogens is 3. The van der Waals surface area contributed by atoms with Crippen molar-refractivity contribution >= 4 is 38.7 Å². The van der Waals surface area contributed by atoms with Gasteiger partial charge < -0.3 is 9.67 Å². The number of aromatic hydroxyl groups is 1. The zero-order valence-electron chi connectivity index (χ0n) is 13.3. The largest absolute Gasteiger partial charge is 0.508 e. The quantitative estimate of drug-likeness (QED) is 0.467. The lowest BCUT2D eigenvalue weighted by Gasteiger charge is -2.04. The third-order valence-corrected chi connectivity index (χ3v) is 5.46. The van der Waals surface area contributed by atoms with Crippen LogP contribution in [0.5, 0.6) is 5.75 Å². The molecule has 2 aromatic heterocycles. The molecule has 25 heavy (non-hydrogen) atoms. The van der Waals surface area contributed by atoms with E-state index >= 15 is 0 Å².